The summed E-state index contributed by atoms with van der Waals surface area (Å²) in [4.78, 5) is 45.1. The first kappa shape index (κ1) is 28.4. The van der Waals surface area contributed by atoms with Crippen molar-refractivity contribution < 1.29 is 32.3 Å². The number of nitrogen functional groups attached to an aromatic ring is 1. The van der Waals surface area contributed by atoms with Crippen LogP contribution in [0.1, 0.15) is 70.3 Å². The van der Waals surface area contributed by atoms with Crippen molar-refractivity contribution in [1.29, 1.82) is 0 Å². The number of esters is 1. The van der Waals surface area contributed by atoms with E-state index in [2.05, 4.69) is 11.6 Å². The fraction of sp³-hybridized carbons (Fsp3) is 0.367. The third-order valence-corrected chi connectivity index (χ3v) is 8.13. The second kappa shape index (κ2) is 10.5. The van der Waals surface area contributed by atoms with Gasteiger partial charge in [0.15, 0.2) is 5.75 Å². The lowest BCUT2D eigenvalue weighted by atomic mass is 9.94. The van der Waals surface area contributed by atoms with E-state index in [1.807, 2.05) is 18.2 Å². The van der Waals surface area contributed by atoms with Crippen molar-refractivity contribution in [3.63, 3.8) is 0 Å². The number of nitrogens with two attached hydrogens (primary N) is 1. The van der Waals surface area contributed by atoms with Gasteiger partial charge in [0.05, 0.1) is 23.0 Å². The molecule has 13 heteroatoms. The van der Waals surface area contributed by atoms with Gasteiger partial charge in [-0.25, -0.2) is 4.68 Å². The number of aromatic nitrogens is 3. The molecule has 1 fully saturated rings. The van der Waals surface area contributed by atoms with Gasteiger partial charge in [-0.1, -0.05) is 12.6 Å². The fourth-order valence-electron chi connectivity index (χ4n) is 5.94. The number of ether oxygens (including phenoxy) is 1. The molecule has 10 nitrogen and oxygen atoms in total. The molecule has 3 aromatic rings. The molecule has 6 rings (SSSR count). The highest BCUT2D eigenvalue weighted by Gasteiger charge is 2.41. The Hall–Kier alpha value is -4.68. The van der Waals surface area contributed by atoms with Gasteiger partial charge in [-0.2, -0.15) is 18.3 Å². The molecular formula is C30H29F3N6O4. The minimum Gasteiger partial charge on any atom is -0.424 e. The number of nitrogens with zero attached hydrogens (tertiary/aromatic N) is 5. The molecule has 0 spiro atoms. The van der Waals surface area contributed by atoms with Crippen LogP contribution in [0.5, 0.6) is 5.75 Å². The second-order valence-corrected chi connectivity index (χ2v) is 11.0. The number of hydrogen-bond donors (Lipinski definition) is 1. The Morgan fingerprint density at radius 1 is 1.14 bits per heavy atom. The quantitative estimate of drug-likeness (QED) is 0.269. The van der Waals surface area contributed by atoms with Crippen LogP contribution in [-0.2, 0) is 28.6 Å². The lowest BCUT2D eigenvalue weighted by Crippen LogP contribution is -2.46. The monoisotopic (exact) mass is 594 g/mol. The Labute approximate surface area is 244 Å². The van der Waals surface area contributed by atoms with Gasteiger partial charge in [0.25, 0.3) is 5.91 Å². The van der Waals surface area contributed by atoms with Crippen LogP contribution in [-0.4, -0.2) is 62.0 Å². The normalized spacial score (nSPS) is 18.1. The molecule has 0 radical (unpaired) electrons. The van der Waals surface area contributed by atoms with E-state index in [-0.39, 0.29) is 30.2 Å². The SMILES string of the molecule is C=CC(=O)N1CCc2nn(-c3ccc(C4CC4)cc3OC(C)=O)c3c2[C@H](C1)N(C(=O)c1cnc(C(F)(F)F)cc1N)CC3. The standard InChI is InChI=1S/C30H29F3N6O4/c1-3-27(41)37-10-8-21-28-23(39(36-21)22-7-6-18(17-4-5-17)12-25(22)43-16(2)40)9-11-38(24(28)15-37)29(42)19-14-35-26(13-20(19)34)30(31,32)33/h3,6-7,12-14,17,24H,1,4-5,8-11,15H2,2H3,(H2,34,35)/t24-/m0/s1. The van der Waals surface area contributed by atoms with E-state index < -0.39 is 29.8 Å². The number of alkyl halides is 3. The Bertz CT molecular complexity index is 1660. The van der Waals surface area contributed by atoms with Crippen molar-refractivity contribution in [2.75, 3.05) is 25.4 Å². The summed E-state index contributed by atoms with van der Waals surface area (Å²) in [5, 5.41) is 4.90. The largest absolute Gasteiger partial charge is 0.433 e. The minimum absolute atomic E-state index is 0.119. The molecule has 224 valence electrons. The molecule has 2 aromatic heterocycles. The van der Waals surface area contributed by atoms with Gasteiger partial charge in [0, 0.05) is 56.8 Å². The lowest BCUT2D eigenvalue weighted by molar-refractivity contribution is -0.141. The van der Waals surface area contributed by atoms with Crippen LogP contribution in [0.15, 0.2) is 43.1 Å². The van der Waals surface area contributed by atoms with Crippen LogP contribution in [0, 0.1) is 0 Å². The van der Waals surface area contributed by atoms with Gasteiger partial charge >= 0.3 is 12.1 Å². The number of benzene rings is 1. The van der Waals surface area contributed by atoms with E-state index in [1.165, 1.54) is 17.9 Å². The van der Waals surface area contributed by atoms with Gasteiger partial charge in [-0.15, -0.1) is 0 Å². The number of rotatable bonds is 5. The summed E-state index contributed by atoms with van der Waals surface area (Å²) in [5.41, 5.74) is 8.09. The summed E-state index contributed by atoms with van der Waals surface area (Å²) >= 11 is 0. The molecule has 1 atom stereocenters. The molecule has 43 heavy (non-hydrogen) atoms. The number of hydrogen-bond acceptors (Lipinski definition) is 7. The molecule has 2 aliphatic heterocycles. The number of amides is 2. The molecule has 1 aliphatic carbocycles. The Kier molecular flexibility index (Phi) is 6.98. The molecule has 1 saturated carbocycles. The van der Waals surface area contributed by atoms with Gasteiger partial charge in [0.2, 0.25) is 5.91 Å². The first-order chi connectivity index (χ1) is 20.5. The summed E-state index contributed by atoms with van der Waals surface area (Å²) in [5.74, 6) is -0.572. The van der Waals surface area contributed by atoms with Crippen molar-refractivity contribution in [2.24, 2.45) is 0 Å². The molecule has 0 unspecified atom stereocenters. The fourth-order valence-corrected chi connectivity index (χ4v) is 5.94. The Morgan fingerprint density at radius 2 is 1.91 bits per heavy atom. The lowest BCUT2D eigenvalue weighted by Gasteiger charge is -2.38. The number of anilines is 1. The predicted octanol–water partition coefficient (Wildman–Crippen LogP) is 3.98. The molecule has 3 aliphatic rings. The molecule has 4 heterocycles. The number of carbonyl (C=O) groups excluding carboxylic acids is 3. The van der Waals surface area contributed by atoms with Crippen LogP contribution in [0.2, 0.25) is 0 Å². The average Bonchev–Trinajstić information content (AvgIpc) is 3.77. The van der Waals surface area contributed by atoms with Crippen molar-refractivity contribution in [3.05, 3.63) is 76.9 Å². The summed E-state index contributed by atoms with van der Waals surface area (Å²) in [6.45, 7) is 5.52. The second-order valence-electron chi connectivity index (χ2n) is 11.0. The van der Waals surface area contributed by atoms with E-state index in [0.717, 1.165) is 35.9 Å². The highest BCUT2D eigenvalue weighted by Crippen LogP contribution is 2.44. The van der Waals surface area contributed by atoms with Crippen LogP contribution in [0.4, 0.5) is 18.9 Å². The molecule has 2 amide bonds. The maximum Gasteiger partial charge on any atom is 0.433 e. The van der Waals surface area contributed by atoms with E-state index in [9.17, 15) is 27.6 Å². The van der Waals surface area contributed by atoms with Gasteiger partial charge in [0.1, 0.15) is 11.4 Å². The highest BCUT2D eigenvalue weighted by atomic mass is 19.4. The zero-order valence-corrected chi connectivity index (χ0v) is 23.4. The maximum atomic E-state index is 13.8. The van der Waals surface area contributed by atoms with Gasteiger partial charge in [-0.3, -0.25) is 19.4 Å². The molecule has 0 saturated heterocycles. The Balaban J connectivity index is 1.43. The van der Waals surface area contributed by atoms with E-state index in [1.54, 1.807) is 9.58 Å². The minimum atomic E-state index is -4.71. The Morgan fingerprint density at radius 3 is 2.56 bits per heavy atom. The van der Waals surface area contributed by atoms with Crippen LogP contribution in [0.25, 0.3) is 5.69 Å². The summed E-state index contributed by atoms with van der Waals surface area (Å²) in [6, 6.07) is 5.73. The summed E-state index contributed by atoms with van der Waals surface area (Å²) in [6.07, 6.45) is 0.210. The van der Waals surface area contributed by atoms with Gasteiger partial charge in [-0.05, 0) is 48.6 Å². The van der Waals surface area contributed by atoms with E-state index in [0.29, 0.717) is 48.5 Å². The van der Waals surface area contributed by atoms with Gasteiger partial charge < -0.3 is 20.3 Å². The molecule has 0 bridgehead atoms. The first-order valence-electron chi connectivity index (χ1n) is 13.9. The topological polar surface area (TPSA) is 124 Å². The zero-order valence-electron chi connectivity index (χ0n) is 23.4. The summed E-state index contributed by atoms with van der Waals surface area (Å²) in [7, 11) is 0. The van der Waals surface area contributed by atoms with Crippen molar-refractivity contribution in [2.45, 2.75) is 50.7 Å². The molecule has 1 aromatic carbocycles. The maximum absolute atomic E-state index is 13.8. The number of pyridine rings is 1. The molecule has 2 N–H and O–H groups in total. The smallest absolute Gasteiger partial charge is 0.424 e. The van der Waals surface area contributed by atoms with Crippen LogP contribution >= 0.6 is 0 Å². The third-order valence-electron chi connectivity index (χ3n) is 8.13. The van der Waals surface area contributed by atoms with Crippen molar-refractivity contribution in [1.82, 2.24) is 24.6 Å². The first-order valence-corrected chi connectivity index (χ1v) is 13.9. The van der Waals surface area contributed by atoms with E-state index >= 15 is 0 Å². The third kappa shape index (κ3) is 5.23. The zero-order chi connectivity index (χ0) is 30.6. The average molecular weight is 595 g/mol. The summed E-state index contributed by atoms with van der Waals surface area (Å²) < 4.78 is 46.9. The number of halogens is 3. The predicted molar refractivity (Wildman–Crippen MR) is 148 cm³/mol. The van der Waals surface area contributed by atoms with Crippen molar-refractivity contribution >= 4 is 23.5 Å². The number of carbonyl (C=O) groups is 3. The van der Waals surface area contributed by atoms with Crippen LogP contribution in [0.3, 0.4) is 0 Å². The van der Waals surface area contributed by atoms with Crippen molar-refractivity contribution in [3.8, 4) is 11.4 Å². The van der Waals surface area contributed by atoms with Crippen LogP contribution < -0.4 is 10.5 Å². The molecular weight excluding hydrogens is 565 g/mol. The highest BCUT2D eigenvalue weighted by molar-refractivity contribution is 5.99. The van der Waals surface area contributed by atoms with E-state index in [4.69, 9.17) is 15.6 Å².